The lowest BCUT2D eigenvalue weighted by Gasteiger charge is -2.31. The maximum absolute atomic E-state index is 4.35. The van der Waals surface area contributed by atoms with Crippen LogP contribution in [0, 0.1) is 6.92 Å². The van der Waals surface area contributed by atoms with E-state index in [0.717, 1.165) is 33.9 Å². The average Bonchev–Trinajstić information content (AvgIpc) is 3.38. The normalized spacial score (nSPS) is 12.9. The van der Waals surface area contributed by atoms with Gasteiger partial charge in [-0.05, 0) is 117 Å². The highest BCUT2D eigenvalue weighted by molar-refractivity contribution is 5.97. The molecule has 0 heterocycles. The molecule has 6 aromatic carbocycles. The Balaban J connectivity index is 1.37. The quantitative estimate of drug-likeness (QED) is 0.135. The molecule has 0 unspecified atom stereocenters. The first-order valence-electron chi connectivity index (χ1n) is 17.5. The largest absolute Gasteiger partial charge is 0.344 e. The second-order valence-electron chi connectivity index (χ2n) is 13.7. The number of rotatable bonds is 10. The Morgan fingerprint density at radius 2 is 1.33 bits per heavy atom. The molecule has 2 heteroatoms. The van der Waals surface area contributed by atoms with Crippen molar-refractivity contribution in [2.45, 2.75) is 26.2 Å². The van der Waals surface area contributed by atoms with Crippen molar-refractivity contribution in [3.05, 3.63) is 193 Å². The van der Waals surface area contributed by atoms with Crippen molar-refractivity contribution >= 4 is 45.7 Å². The maximum atomic E-state index is 4.35. The first-order valence-corrected chi connectivity index (χ1v) is 17.5. The molecule has 0 amide bonds. The van der Waals surface area contributed by atoms with E-state index in [9.17, 15) is 0 Å². The Hall–Kier alpha value is -6.12. The van der Waals surface area contributed by atoms with Crippen LogP contribution < -0.4 is 9.80 Å². The summed E-state index contributed by atoms with van der Waals surface area (Å²) < 4.78 is 0. The van der Waals surface area contributed by atoms with Gasteiger partial charge in [-0.3, -0.25) is 0 Å². The van der Waals surface area contributed by atoms with Crippen molar-refractivity contribution in [2.24, 2.45) is 0 Å². The van der Waals surface area contributed by atoms with Gasteiger partial charge >= 0.3 is 0 Å². The smallest absolute Gasteiger partial charge is 0.0543 e. The zero-order chi connectivity index (χ0) is 35.9. The van der Waals surface area contributed by atoms with Crippen molar-refractivity contribution in [1.29, 1.82) is 0 Å². The van der Waals surface area contributed by atoms with Gasteiger partial charge in [0.15, 0.2) is 0 Å². The lowest BCUT2D eigenvalue weighted by molar-refractivity contribution is 0.660. The van der Waals surface area contributed by atoms with Crippen molar-refractivity contribution < 1.29 is 0 Å². The summed E-state index contributed by atoms with van der Waals surface area (Å²) in [6.45, 7) is 23.8. The molecule has 1 aliphatic rings. The first kappa shape index (κ1) is 33.4. The molecule has 0 aromatic heterocycles. The van der Waals surface area contributed by atoms with Gasteiger partial charge < -0.3 is 9.80 Å². The van der Waals surface area contributed by atoms with Crippen LogP contribution in [0.2, 0.25) is 0 Å². The number of anilines is 4. The summed E-state index contributed by atoms with van der Waals surface area (Å²) in [6, 6.07) is 41.6. The third kappa shape index (κ3) is 5.63. The summed E-state index contributed by atoms with van der Waals surface area (Å²) in [5.74, 6) is 0. The van der Waals surface area contributed by atoms with E-state index in [1.807, 2.05) is 30.4 Å². The van der Waals surface area contributed by atoms with Crippen LogP contribution in [-0.2, 0) is 5.41 Å². The third-order valence-corrected chi connectivity index (χ3v) is 10.5. The van der Waals surface area contributed by atoms with Gasteiger partial charge in [0.2, 0.25) is 0 Å². The Kier molecular flexibility index (Phi) is 8.71. The molecule has 7 rings (SSSR count). The van der Waals surface area contributed by atoms with E-state index in [1.165, 1.54) is 55.4 Å². The number of nitrogens with zero attached hydrogens (tertiary/aromatic N) is 2. The number of hydrogen-bond acceptors (Lipinski definition) is 2. The molecule has 0 radical (unpaired) electrons. The summed E-state index contributed by atoms with van der Waals surface area (Å²) >= 11 is 0. The molecule has 51 heavy (non-hydrogen) atoms. The van der Waals surface area contributed by atoms with E-state index in [-0.39, 0.29) is 5.41 Å². The van der Waals surface area contributed by atoms with Crippen LogP contribution in [0.1, 0.15) is 41.7 Å². The van der Waals surface area contributed by atoms with Gasteiger partial charge in [0.1, 0.15) is 0 Å². The highest BCUT2D eigenvalue weighted by Gasteiger charge is 2.39. The fourth-order valence-corrected chi connectivity index (χ4v) is 7.80. The number of aryl methyl sites for hydroxylation is 1. The first-order chi connectivity index (χ1) is 24.7. The number of allylic oxidation sites excluding steroid dienone is 3. The van der Waals surface area contributed by atoms with Gasteiger partial charge in [-0.2, -0.15) is 0 Å². The highest BCUT2D eigenvalue weighted by atomic mass is 15.1. The average molecular weight is 661 g/mol. The fraction of sp³-hybridized carbons (Fsp3) is 0.102. The van der Waals surface area contributed by atoms with Gasteiger partial charge in [-0.25, -0.2) is 0 Å². The molecule has 0 aliphatic heterocycles. The van der Waals surface area contributed by atoms with E-state index >= 15 is 0 Å². The molecule has 6 aromatic rings. The fourth-order valence-electron chi connectivity index (χ4n) is 7.80. The van der Waals surface area contributed by atoms with Crippen LogP contribution in [0.25, 0.3) is 45.2 Å². The zero-order valence-electron chi connectivity index (χ0n) is 30.1. The summed E-state index contributed by atoms with van der Waals surface area (Å²) in [7, 11) is 2.16. The van der Waals surface area contributed by atoms with E-state index in [1.54, 1.807) is 0 Å². The Labute approximate surface area is 303 Å². The minimum Gasteiger partial charge on any atom is -0.344 e. The van der Waals surface area contributed by atoms with Crippen molar-refractivity contribution in [3.63, 3.8) is 0 Å². The molecular weight excluding hydrogens is 617 g/mol. The van der Waals surface area contributed by atoms with E-state index in [0.29, 0.717) is 0 Å². The Bertz CT molecular complexity index is 2390. The predicted molar refractivity (Wildman–Crippen MR) is 223 cm³/mol. The molecule has 0 N–H and O–H groups in total. The van der Waals surface area contributed by atoms with Crippen LogP contribution in [-0.4, -0.2) is 7.05 Å². The number of fused-ring (bicyclic) bond motifs is 4. The monoisotopic (exact) mass is 660 g/mol. The zero-order valence-corrected chi connectivity index (χ0v) is 30.1. The topological polar surface area (TPSA) is 6.48 Å². The van der Waals surface area contributed by atoms with E-state index in [2.05, 4.69) is 179 Å². The maximum Gasteiger partial charge on any atom is 0.0543 e. The Morgan fingerprint density at radius 3 is 2.02 bits per heavy atom. The van der Waals surface area contributed by atoms with E-state index < -0.39 is 0 Å². The minimum absolute atomic E-state index is 0.286. The number of benzene rings is 6. The second kappa shape index (κ2) is 13.3. The Morgan fingerprint density at radius 1 is 0.627 bits per heavy atom. The van der Waals surface area contributed by atoms with Crippen molar-refractivity contribution in [1.82, 2.24) is 0 Å². The molecule has 0 fully saturated rings. The summed E-state index contributed by atoms with van der Waals surface area (Å²) in [4.78, 5) is 4.57. The van der Waals surface area contributed by atoms with E-state index in [4.69, 9.17) is 0 Å². The van der Waals surface area contributed by atoms with Crippen LogP contribution >= 0.6 is 0 Å². The van der Waals surface area contributed by atoms with Gasteiger partial charge in [0.25, 0.3) is 0 Å². The molecular formula is C49H44N2. The lowest BCUT2D eigenvalue weighted by atomic mass is 9.81. The van der Waals surface area contributed by atoms with Crippen LogP contribution in [0.4, 0.5) is 22.7 Å². The van der Waals surface area contributed by atoms with Gasteiger partial charge in [-0.1, -0.05) is 131 Å². The second-order valence-corrected chi connectivity index (χ2v) is 13.7. The molecule has 0 atom stereocenters. The minimum atomic E-state index is -0.286. The molecule has 0 spiro atoms. The van der Waals surface area contributed by atoms with Crippen LogP contribution in [0.3, 0.4) is 0 Å². The number of hydrogen-bond donors (Lipinski definition) is 0. The lowest BCUT2D eigenvalue weighted by Crippen LogP contribution is -2.20. The third-order valence-electron chi connectivity index (χ3n) is 10.5. The van der Waals surface area contributed by atoms with Crippen LogP contribution in [0.5, 0.6) is 0 Å². The standard InChI is InChI=1S/C49H44N2/c1-9-18-38(10-2)51(40-25-23-35-21-16-17-22-36(35)30-40)47-32-45-48(42(12-4)41(47)11-3)43-27-26-39(31-44(43)49(45,6)7)50(8)46-28-24-37(29-33(46)5)34-19-14-13-15-20-34/h9-32H,1-4H2,5-8H3/b38-18+. The molecule has 0 bridgehead atoms. The molecule has 0 saturated carbocycles. The van der Waals surface area contributed by atoms with Gasteiger partial charge in [0, 0.05) is 40.8 Å². The van der Waals surface area contributed by atoms with Gasteiger partial charge in [0.05, 0.1) is 5.69 Å². The molecule has 1 aliphatic carbocycles. The molecule has 0 saturated heterocycles. The SMILES string of the molecule is C=C/C=C(\C=C)N(c1ccc2ccccc2c1)c1cc2c(c(C=C)c1C=C)-c1ccc(N(C)c3ccc(-c4ccccc4)cc3C)cc1C2(C)C. The van der Waals surface area contributed by atoms with Crippen molar-refractivity contribution in [3.8, 4) is 22.3 Å². The molecule has 250 valence electrons. The summed E-state index contributed by atoms with van der Waals surface area (Å²) in [5.41, 5.74) is 15.8. The predicted octanol–water partition coefficient (Wildman–Crippen LogP) is 13.6. The van der Waals surface area contributed by atoms with Gasteiger partial charge in [-0.15, -0.1) is 0 Å². The van der Waals surface area contributed by atoms with Crippen molar-refractivity contribution in [2.75, 3.05) is 16.8 Å². The highest BCUT2D eigenvalue weighted by Crippen LogP contribution is 2.55. The summed E-state index contributed by atoms with van der Waals surface area (Å²) in [5, 5.41) is 2.36. The molecule has 2 nitrogen and oxygen atoms in total. The summed E-state index contributed by atoms with van der Waals surface area (Å²) in [6.07, 6.45) is 9.66. The van der Waals surface area contributed by atoms with Crippen LogP contribution in [0.15, 0.2) is 166 Å².